The second kappa shape index (κ2) is 5.87. The number of halogens is 1. The van der Waals surface area contributed by atoms with Crippen LogP contribution in [-0.2, 0) is 0 Å². The van der Waals surface area contributed by atoms with E-state index in [4.69, 9.17) is 0 Å². The largest absolute Gasteiger partial charge is 0.350 e. The third kappa shape index (κ3) is 2.95. The summed E-state index contributed by atoms with van der Waals surface area (Å²) in [7, 11) is 0. The molecule has 4 heteroatoms. The first kappa shape index (κ1) is 13.6. The van der Waals surface area contributed by atoms with Crippen molar-refractivity contribution in [1.29, 1.82) is 0 Å². The van der Waals surface area contributed by atoms with Crippen LogP contribution < -0.4 is 0 Å². The summed E-state index contributed by atoms with van der Waals surface area (Å²) in [5.41, 5.74) is 1.19. The first-order valence-corrected chi connectivity index (χ1v) is 6.73. The van der Waals surface area contributed by atoms with Gasteiger partial charge in [0.1, 0.15) is 11.5 Å². The molecule has 19 heavy (non-hydrogen) atoms. The number of hydrogen-bond donors (Lipinski definition) is 1. The molecule has 102 valence electrons. The summed E-state index contributed by atoms with van der Waals surface area (Å²) in [4.78, 5) is 17.2. The van der Waals surface area contributed by atoms with Gasteiger partial charge in [0.2, 0.25) is 0 Å². The molecule has 0 radical (unpaired) electrons. The van der Waals surface area contributed by atoms with Crippen LogP contribution in [-0.4, -0.2) is 28.9 Å². The Kier molecular flexibility index (Phi) is 4.20. The highest BCUT2D eigenvalue weighted by Gasteiger charge is 2.16. The van der Waals surface area contributed by atoms with Gasteiger partial charge >= 0.3 is 0 Å². The van der Waals surface area contributed by atoms with Gasteiger partial charge in [-0.3, -0.25) is 4.79 Å². The lowest BCUT2D eigenvalue weighted by atomic mass is 10.2. The van der Waals surface area contributed by atoms with E-state index in [2.05, 4.69) is 18.8 Å². The molecule has 2 rings (SSSR count). The SMILES string of the molecule is CCCN(CCC)C(=O)c1cc2ccc(F)cc2[nH]1. The Morgan fingerprint density at radius 3 is 2.53 bits per heavy atom. The van der Waals surface area contributed by atoms with Crippen LogP contribution in [0.2, 0.25) is 0 Å². The third-order valence-corrected chi connectivity index (χ3v) is 3.09. The highest BCUT2D eigenvalue weighted by atomic mass is 19.1. The van der Waals surface area contributed by atoms with E-state index in [9.17, 15) is 9.18 Å². The van der Waals surface area contributed by atoms with E-state index in [-0.39, 0.29) is 11.7 Å². The minimum Gasteiger partial charge on any atom is -0.350 e. The maximum absolute atomic E-state index is 13.1. The van der Waals surface area contributed by atoms with E-state index in [0.717, 1.165) is 31.3 Å². The molecule has 0 saturated carbocycles. The van der Waals surface area contributed by atoms with Crippen LogP contribution in [0, 0.1) is 5.82 Å². The summed E-state index contributed by atoms with van der Waals surface area (Å²) >= 11 is 0. The molecule has 1 N–H and O–H groups in total. The summed E-state index contributed by atoms with van der Waals surface area (Å²) < 4.78 is 13.1. The van der Waals surface area contributed by atoms with Crippen molar-refractivity contribution in [2.24, 2.45) is 0 Å². The average Bonchev–Trinajstić information content (AvgIpc) is 2.80. The standard InChI is InChI=1S/C15H19FN2O/c1-3-7-18(8-4-2)15(19)14-9-11-5-6-12(16)10-13(11)17-14/h5-6,9-10,17H,3-4,7-8H2,1-2H3. The number of H-pyrrole nitrogens is 1. The van der Waals surface area contributed by atoms with E-state index in [1.54, 1.807) is 12.1 Å². The second-order valence-electron chi connectivity index (χ2n) is 4.71. The summed E-state index contributed by atoms with van der Waals surface area (Å²) in [5.74, 6) is -0.312. The van der Waals surface area contributed by atoms with Gasteiger partial charge < -0.3 is 9.88 Å². The number of hydrogen-bond acceptors (Lipinski definition) is 1. The zero-order valence-electron chi connectivity index (χ0n) is 11.4. The van der Waals surface area contributed by atoms with Gasteiger partial charge in [0.25, 0.3) is 5.91 Å². The van der Waals surface area contributed by atoms with Crippen molar-refractivity contribution in [2.45, 2.75) is 26.7 Å². The quantitative estimate of drug-likeness (QED) is 0.878. The Morgan fingerprint density at radius 2 is 1.89 bits per heavy atom. The summed E-state index contributed by atoms with van der Waals surface area (Å²) in [6.45, 7) is 5.60. The molecule has 1 aromatic carbocycles. The van der Waals surface area contributed by atoms with Crippen molar-refractivity contribution in [3.63, 3.8) is 0 Å². The summed E-state index contributed by atoms with van der Waals surface area (Å²) in [6.07, 6.45) is 1.86. The minimum atomic E-state index is -0.299. The Bertz CT molecular complexity index is 571. The molecule has 1 amide bonds. The molecule has 1 heterocycles. The fourth-order valence-electron chi connectivity index (χ4n) is 2.24. The van der Waals surface area contributed by atoms with E-state index < -0.39 is 0 Å². The number of nitrogens with one attached hydrogen (secondary N) is 1. The first-order chi connectivity index (χ1) is 9.15. The normalized spacial score (nSPS) is 10.9. The van der Waals surface area contributed by atoms with Crippen molar-refractivity contribution in [1.82, 2.24) is 9.88 Å². The number of rotatable bonds is 5. The number of nitrogens with zero attached hydrogens (tertiary/aromatic N) is 1. The molecule has 2 aromatic rings. The minimum absolute atomic E-state index is 0.0136. The highest BCUT2D eigenvalue weighted by molar-refractivity contribution is 5.98. The van der Waals surface area contributed by atoms with Gasteiger partial charge in [-0.15, -0.1) is 0 Å². The molecule has 0 aliphatic rings. The molecule has 0 spiro atoms. The molecule has 0 aliphatic carbocycles. The number of aromatic amines is 1. The fourth-order valence-corrected chi connectivity index (χ4v) is 2.24. The van der Waals surface area contributed by atoms with Crippen molar-refractivity contribution in [2.75, 3.05) is 13.1 Å². The summed E-state index contributed by atoms with van der Waals surface area (Å²) in [5, 5.41) is 0.859. The molecular formula is C15H19FN2O. The first-order valence-electron chi connectivity index (χ1n) is 6.73. The van der Waals surface area contributed by atoms with Crippen molar-refractivity contribution >= 4 is 16.8 Å². The number of carbonyl (C=O) groups excluding carboxylic acids is 1. The average molecular weight is 262 g/mol. The van der Waals surface area contributed by atoms with Crippen molar-refractivity contribution < 1.29 is 9.18 Å². The lowest BCUT2D eigenvalue weighted by molar-refractivity contribution is 0.0750. The van der Waals surface area contributed by atoms with Gasteiger partial charge in [-0.2, -0.15) is 0 Å². The zero-order chi connectivity index (χ0) is 13.8. The molecule has 1 aromatic heterocycles. The van der Waals surface area contributed by atoms with E-state index in [1.165, 1.54) is 12.1 Å². The number of benzene rings is 1. The maximum Gasteiger partial charge on any atom is 0.270 e. The smallest absolute Gasteiger partial charge is 0.270 e. The molecule has 0 atom stereocenters. The highest BCUT2D eigenvalue weighted by Crippen LogP contribution is 2.18. The van der Waals surface area contributed by atoms with Crippen molar-refractivity contribution in [3.05, 3.63) is 35.8 Å². The second-order valence-corrected chi connectivity index (χ2v) is 4.71. The van der Waals surface area contributed by atoms with Gasteiger partial charge in [-0.25, -0.2) is 4.39 Å². The monoisotopic (exact) mass is 262 g/mol. The van der Waals surface area contributed by atoms with E-state index in [0.29, 0.717) is 11.2 Å². The number of fused-ring (bicyclic) bond motifs is 1. The third-order valence-electron chi connectivity index (χ3n) is 3.09. The molecule has 0 aliphatic heterocycles. The van der Waals surface area contributed by atoms with E-state index >= 15 is 0 Å². The van der Waals surface area contributed by atoms with Gasteiger partial charge in [-0.1, -0.05) is 13.8 Å². The van der Waals surface area contributed by atoms with Crippen LogP contribution in [0.25, 0.3) is 10.9 Å². The van der Waals surface area contributed by atoms with E-state index in [1.807, 2.05) is 4.90 Å². The van der Waals surface area contributed by atoms with Gasteiger partial charge in [-0.05, 0) is 37.1 Å². The van der Waals surface area contributed by atoms with Gasteiger partial charge in [0.05, 0.1) is 0 Å². The lowest BCUT2D eigenvalue weighted by Gasteiger charge is -2.20. The molecule has 0 unspecified atom stereocenters. The van der Waals surface area contributed by atoms with Crippen LogP contribution in [0.1, 0.15) is 37.2 Å². The van der Waals surface area contributed by atoms with Gasteiger partial charge in [0.15, 0.2) is 0 Å². The Morgan fingerprint density at radius 1 is 1.21 bits per heavy atom. The molecule has 3 nitrogen and oxygen atoms in total. The predicted octanol–water partition coefficient (Wildman–Crippen LogP) is 3.57. The Balaban J connectivity index is 2.29. The Hall–Kier alpha value is -1.84. The van der Waals surface area contributed by atoms with Gasteiger partial charge in [0, 0.05) is 24.0 Å². The predicted molar refractivity (Wildman–Crippen MR) is 74.7 cm³/mol. The number of aromatic nitrogens is 1. The topological polar surface area (TPSA) is 36.1 Å². The van der Waals surface area contributed by atoms with Crippen LogP contribution in [0.15, 0.2) is 24.3 Å². The molecular weight excluding hydrogens is 243 g/mol. The molecule has 0 fully saturated rings. The van der Waals surface area contributed by atoms with Crippen LogP contribution >= 0.6 is 0 Å². The lowest BCUT2D eigenvalue weighted by Crippen LogP contribution is -2.32. The van der Waals surface area contributed by atoms with Crippen LogP contribution in [0.4, 0.5) is 4.39 Å². The Labute approximate surface area is 112 Å². The summed E-state index contributed by atoms with van der Waals surface area (Å²) in [6, 6.07) is 6.29. The number of amides is 1. The maximum atomic E-state index is 13.1. The number of carbonyl (C=O) groups is 1. The zero-order valence-corrected chi connectivity index (χ0v) is 11.4. The van der Waals surface area contributed by atoms with Crippen LogP contribution in [0.5, 0.6) is 0 Å². The fraction of sp³-hybridized carbons (Fsp3) is 0.400. The molecule has 0 bridgehead atoms. The van der Waals surface area contributed by atoms with Crippen LogP contribution in [0.3, 0.4) is 0 Å². The molecule has 0 saturated heterocycles. The van der Waals surface area contributed by atoms with Crippen molar-refractivity contribution in [3.8, 4) is 0 Å².